The molecule has 1 aromatic carbocycles. The number of hydrogen-bond acceptors (Lipinski definition) is 3. The van der Waals surface area contributed by atoms with Gasteiger partial charge in [0.1, 0.15) is 11.9 Å². The Kier molecular flexibility index (Phi) is 5.63. The highest BCUT2D eigenvalue weighted by Gasteiger charge is 2.34. The van der Waals surface area contributed by atoms with Gasteiger partial charge in [-0.15, -0.1) is 0 Å². The third kappa shape index (κ3) is 3.24. The summed E-state index contributed by atoms with van der Waals surface area (Å²) in [6.45, 7) is 8.99. The minimum absolute atomic E-state index is 0.581. The Morgan fingerprint density at radius 3 is 2.39 bits per heavy atom. The average molecular weight is 252 g/mol. The van der Waals surface area contributed by atoms with Crippen molar-refractivity contribution >= 4 is 0 Å². The first-order chi connectivity index (χ1) is 8.59. The molecule has 0 heterocycles. The monoisotopic (exact) mass is 252 g/mol. The van der Waals surface area contributed by atoms with Crippen LogP contribution >= 0.6 is 0 Å². The van der Waals surface area contributed by atoms with E-state index < -0.39 is 11.7 Å². The Morgan fingerprint density at radius 1 is 1.17 bits per heavy atom. The number of para-hydroxylation sites is 1. The van der Waals surface area contributed by atoms with Crippen LogP contribution in [-0.4, -0.2) is 23.9 Å². The molecule has 0 saturated heterocycles. The second-order valence-electron chi connectivity index (χ2n) is 4.47. The smallest absolute Gasteiger partial charge is 0.125 e. The highest BCUT2D eigenvalue weighted by atomic mass is 16.5. The van der Waals surface area contributed by atoms with Gasteiger partial charge < -0.3 is 14.6 Å². The predicted octanol–water partition coefficient (Wildman–Crippen LogP) is 3.32. The lowest BCUT2D eigenvalue weighted by Crippen LogP contribution is -2.35. The zero-order chi connectivity index (χ0) is 13.6. The summed E-state index contributed by atoms with van der Waals surface area (Å²) in [6, 6.07) is 7.58. The molecular formula is C15H24O3. The fourth-order valence-electron chi connectivity index (χ4n) is 2.03. The third-order valence-corrected chi connectivity index (χ3v) is 3.27. The minimum Gasteiger partial charge on any atom is -0.493 e. The summed E-state index contributed by atoms with van der Waals surface area (Å²) in [5, 5.41) is 10.6. The van der Waals surface area contributed by atoms with Crippen molar-refractivity contribution in [2.75, 3.05) is 13.2 Å². The molecule has 2 unspecified atom stereocenters. The third-order valence-electron chi connectivity index (χ3n) is 3.27. The molecule has 1 N–H and O–H groups in total. The maximum Gasteiger partial charge on any atom is 0.125 e. The van der Waals surface area contributed by atoms with Crippen LogP contribution in [0.15, 0.2) is 24.3 Å². The molecule has 18 heavy (non-hydrogen) atoms. The first-order valence-electron chi connectivity index (χ1n) is 6.62. The molecule has 3 nitrogen and oxygen atoms in total. The van der Waals surface area contributed by atoms with Crippen LogP contribution in [0.3, 0.4) is 0 Å². The van der Waals surface area contributed by atoms with Crippen LogP contribution in [0.1, 0.15) is 45.8 Å². The van der Waals surface area contributed by atoms with E-state index >= 15 is 0 Å². The zero-order valence-corrected chi connectivity index (χ0v) is 11.8. The van der Waals surface area contributed by atoms with E-state index in [-0.39, 0.29) is 0 Å². The molecular weight excluding hydrogens is 228 g/mol. The van der Waals surface area contributed by atoms with Gasteiger partial charge in [0, 0.05) is 12.2 Å². The Morgan fingerprint density at radius 2 is 1.83 bits per heavy atom. The van der Waals surface area contributed by atoms with Crippen LogP contribution in [-0.2, 0) is 4.74 Å². The number of aliphatic hydroxyl groups is 1. The average Bonchev–Trinajstić information content (AvgIpc) is 2.39. The van der Waals surface area contributed by atoms with E-state index in [1.165, 1.54) is 0 Å². The van der Waals surface area contributed by atoms with Gasteiger partial charge in [-0.2, -0.15) is 0 Å². The quantitative estimate of drug-likeness (QED) is 0.809. The lowest BCUT2D eigenvalue weighted by atomic mass is 9.89. The molecule has 0 bridgehead atoms. The van der Waals surface area contributed by atoms with Crippen LogP contribution in [0.4, 0.5) is 0 Å². The van der Waals surface area contributed by atoms with Crippen LogP contribution in [0.2, 0.25) is 0 Å². The van der Waals surface area contributed by atoms with Crippen molar-refractivity contribution in [2.24, 2.45) is 0 Å². The van der Waals surface area contributed by atoms with E-state index in [4.69, 9.17) is 9.47 Å². The molecule has 3 heteroatoms. The predicted molar refractivity (Wildman–Crippen MR) is 72.9 cm³/mol. The van der Waals surface area contributed by atoms with Crippen LogP contribution in [0, 0.1) is 0 Å². The number of hydrogen-bond donors (Lipinski definition) is 1. The summed E-state index contributed by atoms with van der Waals surface area (Å²) in [5.41, 5.74) is 0.208. The highest BCUT2D eigenvalue weighted by molar-refractivity contribution is 5.36. The Balaban J connectivity index is 3.04. The molecule has 0 radical (unpaired) electrons. The van der Waals surface area contributed by atoms with Crippen LogP contribution in [0.25, 0.3) is 0 Å². The normalized spacial score (nSPS) is 16.1. The second kappa shape index (κ2) is 6.76. The van der Waals surface area contributed by atoms with Gasteiger partial charge in [0.05, 0.1) is 12.2 Å². The fraction of sp³-hybridized carbons (Fsp3) is 0.600. The van der Waals surface area contributed by atoms with Gasteiger partial charge in [0.2, 0.25) is 0 Å². The molecule has 1 aromatic rings. The lowest BCUT2D eigenvalue weighted by Gasteiger charge is -2.34. The topological polar surface area (TPSA) is 38.7 Å². The minimum atomic E-state index is -0.690. The molecule has 1 rings (SSSR count). The molecule has 0 aliphatic heterocycles. The fourth-order valence-corrected chi connectivity index (χ4v) is 2.03. The highest BCUT2D eigenvalue weighted by Crippen LogP contribution is 2.36. The van der Waals surface area contributed by atoms with E-state index in [2.05, 4.69) is 0 Å². The van der Waals surface area contributed by atoms with Crippen molar-refractivity contribution < 1.29 is 14.6 Å². The summed E-state index contributed by atoms with van der Waals surface area (Å²) in [6.07, 6.45) is 0.0489. The summed E-state index contributed by atoms with van der Waals surface area (Å²) < 4.78 is 11.3. The van der Waals surface area contributed by atoms with Crippen molar-refractivity contribution in [1.29, 1.82) is 0 Å². The molecule has 0 aromatic heterocycles. The molecule has 0 amide bonds. The maximum atomic E-state index is 10.6. The van der Waals surface area contributed by atoms with E-state index in [1.54, 1.807) is 0 Å². The van der Waals surface area contributed by atoms with Crippen molar-refractivity contribution in [2.45, 2.75) is 45.8 Å². The van der Waals surface area contributed by atoms with Crippen molar-refractivity contribution in [3.8, 4) is 5.75 Å². The number of ether oxygens (including phenoxy) is 2. The maximum absolute atomic E-state index is 10.6. The van der Waals surface area contributed by atoms with E-state index in [0.717, 1.165) is 17.7 Å². The Labute approximate surface area is 110 Å². The van der Waals surface area contributed by atoms with Crippen LogP contribution < -0.4 is 4.74 Å². The molecule has 2 atom stereocenters. The number of rotatable bonds is 7. The van der Waals surface area contributed by atoms with Crippen molar-refractivity contribution in [3.63, 3.8) is 0 Å². The van der Waals surface area contributed by atoms with Crippen molar-refractivity contribution in [1.82, 2.24) is 0 Å². The van der Waals surface area contributed by atoms with Gasteiger partial charge in [-0.3, -0.25) is 0 Å². The number of aliphatic hydroxyl groups excluding tert-OH is 1. The molecule has 0 aliphatic carbocycles. The van der Waals surface area contributed by atoms with E-state index in [0.29, 0.717) is 13.2 Å². The van der Waals surface area contributed by atoms with Gasteiger partial charge in [-0.05, 0) is 33.3 Å². The first-order valence-corrected chi connectivity index (χ1v) is 6.62. The summed E-state index contributed by atoms with van der Waals surface area (Å²) in [5.74, 6) is 0.729. The van der Waals surface area contributed by atoms with Gasteiger partial charge in [-0.25, -0.2) is 0 Å². The summed E-state index contributed by atoms with van der Waals surface area (Å²) in [7, 11) is 0. The van der Waals surface area contributed by atoms with Gasteiger partial charge >= 0.3 is 0 Å². The first kappa shape index (κ1) is 15.0. The standard InChI is InChI=1S/C15H24O3/c1-5-15(4,18-7-3)14(16)12-10-8-9-11-13(12)17-6-2/h8-11,14,16H,5-7H2,1-4H3. The van der Waals surface area contributed by atoms with Gasteiger partial charge in [0.25, 0.3) is 0 Å². The molecule has 0 fully saturated rings. The Bertz CT molecular complexity index is 365. The second-order valence-corrected chi connectivity index (χ2v) is 4.47. The van der Waals surface area contributed by atoms with Crippen molar-refractivity contribution in [3.05, 3.63) is 29.8 Å². The van der Waals surface area contributed by atoms with Gasteiger partial charge in [0.15, 0.2) is 0 Å². The molecule has 0 spiro atoms. The SMILES string of the molecule is CCOc1ccccc1C(O)C(C)(CC)OCC. The molecule has 0 aliphatic rings. The zero-order valence-electron chi connectivity index (χ0n) is 11.8. The van der Waals surface area contributed by atoms with E-state index in [1.807, 2.05) is 52.0 Å². The largest absolute Gasteiger partial charge is 0.493 e. The summed E-state index contributed by atoms with van der Waals surface area (Å²) >= 11 is 0. The van der Waals surface area contributed by atoms with Crippen LogP contribution in [0.5, 0.6) is 5.75 Å². The Hall–Kier alpha value is -1.06. The molecule has 102 valence electrons. The summed E-state index contributed by atoms with van der Waals surface area (Å²) in [4.78, 5) is 0. The van der Waals surface area contributed by atoms with E-state index in [9.17, 15) is 5.11 Å². The lowest BCUT2D eigenvalue weighted by molar-refractivity contribution is -0.113. The number of benzene rings is 1. The van der Waals surface area contributed by atoms with Gasteiger partial charge in [-0.1, -0.05) is 25.1 Å². The molecule has 0 saturated carbocycles.